The molecule has 2 heteroatoms. The van der Waals surface area contributed by atoms with Crippen molar-refractivity contribution < 1.29 is 4.74 Å². The molecular formula is C13H27ClO. The van der Waals surface area contributed by atoms with Crippen molar-refractivity contribution in [3.63, 3.8) is 0 Å². The van der Waals surface area contributed by atoms with Gasteiger partial charge in [0.15, 0.2) is 0 Å². The monoisotopic (exact) mass is 234 g/mol. The van der Waals surface area contributed by atoms with Gasteiger partial charge in [-0.3, -0.25) is 0 Å². The molecular weight excluding hydrogens is 208 g/mol. The summed E-state index contributed by atoms with van der Waals surface area (Å²) < 4.78 is 5.43. The second-order valence-corrected chi connectivity index (χ2v) is 4.98. The average molecular weight is 235 g/mol. The molecule has 0 aliphatic heterocycles. The Morgan fingerprint density at radius 2 is 1.47 bits per heavy atom. The van der Waals surface area contributed by atoms with Crippen LogP contribution in [0.5, 0.6) is 0 Å². The summed E-state index contributed by atoms with van der Waals surface area (Å²) in [5.41, 5.74) is 0. The third-order valence-corrected chi connectivity index (χ3v) is 2.76. The van der Waals surface area contributed by atoms with Crippen molar-refractivity contribution in [3.05, 3.63) is 0 Å². The molecule has 0 fully saturated rings. The predicted molar refractivity (Wildman–Crippen MR) is 68.7 cm³/mol. The minimum atomic E-state index is 0.717. The van der Waals surface area contributed by atoms with Crippen molar-refractivity contribution in [3.8, 4) is 0 Å². The fourth-order valence-electron chi connectivity index (χ4n) is 1.55. The maximum absolute atomic E-state index is 5.54. The van der Waals surface area contributed by atoms with Crippen molar-refractivity contribution in [1.29, 1.82) is 0 Å². The van der Waals surface area contributed by atoms with Crippen LogP contribution in [0.3, 0.4) is 0 Å². The Hall–Kier alpha value is 0.250. The van der Waals surface area contributed by atoms with Gasteiger partial charge < -0.3 is 4.74 Å². The first kappa shape index (κ1) is 15.2. The minimum absolute atomic E-state index is 0.717. The summed E-state index contributed by atoms with van der Waals surface area (Å²) in [6, 6.07) is 0. The van der Waals surface area contributed by atoms with Crippen molar-refractivity contribution in [2.24, 2.45) is 5.92 Å². The molecule has 0 aliphatic carbocycles. The van der Waals surface area contributed by atoms with Crippen LogP contribution >= 0.6 is 11.6 Å². The number of rotatable bonds is 11. The molecule has 0 radical (unpaired) electrons. The maximum Gasteiger partial charge on any atom is 0.0477 e. The summed E-state index contributed by atoms with van der Waals surface area (Å²) in [5.74, 6) is 1.58. The van der Waals surface area contributed by atoms with Gasteiger partial charge in [-0.2, -0.15) is 0 Å². The molecule has 0 aromatic heterocycles. The molecule has 0 N–H and O–H groups in total. The van der Waals surface area contributed by atoms with Crippen LogP contribution in [0.4, 0.5) is 0 Å². The van der Waals surface area contributed by atoms with E-state index < -0.39 is 0 Å². The second kappa shape index (κ2) is 12.3. The molecule has 0 heterocycles. The van der Waals surface area contributed by atoms with Crippen LogP contribution < -0.4 is 0 Å². The molecule has 0 spiro atoms. The summed E-state index contributed by atoms with van der Waals surface area (Å²) in [5, 5.41) is 0. The Morgan fingerprint density at radius 3 is 2.13 bits per heavy atom. The van der Waals surface area contributed by atoms with E-state index in [9.17, 15) is 0 Å². The van der Waals surface area contributed by atoms with Crippen LogP contribution in [0.2, 0.25) is 0 Å². The highest BCUT2D eigenvalue weighted by Gasteiger charge is 1.94. The molecule has 0 saturated heterocycles. The zero-order valence-corrected chi connectivity index (χ0v) is 11.2. The molecule has 15 heavy (non-hydrogen) atoms. The molecule has 0 bridgehead atoms. The Balaban J connectivity index is 2.87. The SMILES string of the molecule is CC(C)CCCCCCCOCCCCl. The maximum atomic E-state index is 5.54. The lowest BCUT2D eigenvalue weighted by Gasteiger charge is -2.05. The number of unbranched alkanes of at least 4 members (excludes halogenated alkanes) is 4. The molecule has 0 saturated carbocycles. The number of hydrogen-bond donors (Lipinski definition) is 0. The lowest BCUT2D eigenvalue weighted by molar-refractivity contribution is 0.131. The zero-order chi connectivity index (χ0) is 11.4. The average Bonchev–Trinajstić information content (AvgIpc) is 2.20. The Labute approximate surface area is 101 Å². The lowest BCUT2D eigenvalue weighted by atomic mass is 10.0. The quantitative estimate of drug-likeness (QED) is 0.374. The van der Waals surface area contributed by atoms with Crippen molar-refractivity contribution >= 4 is 11.6 Å². The Morgan fingerprint density at radius 1 is 0.867 bits per heavy atom. The van der Waals surface area contributed by atoms with Gasteiger partial charge in [0.25, 0.3) is 0 Å². The van der Waals surface area contributed by atoms with Gasteiger partial charge in [0, 0.05) is 19.1 Å². The first-order valence-electron chi connectivity index (χ1n) is 6.41. The first-order chi connectivity index (χ1) is 7.27. The largest absolute Gasteiger partial charge is 0.381 e. The van der Waals surface area contributed by atoms with E-state index in [0.29, 0.717) is 0 Å². The van der Waals surface area contributed by atoms with Gasteiger partial charge in [0.1, 0.15) is 0 Å². The van der Waals surface area contributed by atoms with Crippen molar-refractivity contribution in [1.82, 2.24) is 0 Å². The van der Waals surface area contributed by atoms with E-state index in [2.05, 4.69) is 13.8 Å². The summed E-state index contributed by atoms with van der Waals surface area (Å²) >= 11 is 5.54. The zero-order valence-electron chi connectivity index (χ0n) is 10.4. The first-order valence-corrected chi connectivity index (χ1v) is 6.94. The van der Waals surface area contributed by atoms with E-state index in [-0.39, 0.29) is 0 Å². The molecule has 0 amide bonds. The van der Waals surface area contributed by atoms with Gasteiger partial charge in [-0.15, -0.1) is 11.6 Å². The predicted octanol–water partition coefficient (Wildman–Crippen LogP) is 4.63. The highest BCUT2D eigenvalue weighted by molar-refractivity contribution is 6.17. The van der Waals surface area contributed by atoms with Crippen LogP contribution in [0.25, 0.3) is 0 Å². The molecule has 0 aromatic carbocycles. The van der Waals surface area contributed by atoms with E-state index in [1.165, 1.54) is 38.5 Å². The summed E-state index contributed by atoms with van der Waals surface area (Å²) in [6.45, 7) is 6.34. The molecule has 0 aromatic rings. The summed E-state index contributed by atoms with van der Waals surface area (Å²) in [4.78, 5) is 0. The van der Waals surface area contributed by atoms with Gasteiger partial charge in [-0.05, 0) is 18.8 Å². The Kier molecular flexibility index (Phi) is 12.5. The van der Waals surface area contributed by atoms with Crippen LogP contribution in [-0.4, -0.2) is 19.1 Å². The number of alkyl halides is 1. The van der Waals surface area contributed by atoms with E-state index in [4.69, 9.17) is 16.3 Å². The highest BCUT2D eigenvalue weighted by Crippen LogP contribution is 2.10. The Bertz CT molecular complexity index is 115. The molecule has 1 nitrogen and oxygen atoms in total. The van der Waals surface area contributed by atoms with Crippen molar-refractivity contribution in [2.75, 3.05) is 19.1 Å². The smallest absolute Gasteiger partial charge is 0.0477 e. The van der Waals surface area contributed by atoms with Crippen LogP contribution in [0.15, 0.2) is 0 Å². The lowest BCUT2D eigenvalue weighted by Crippen LogP contribution is -1.97. The topological polar surface area (TPSA) is 9.23 Å². The van der Waals surface area contributed by atoms with Gasteiger partial charge in [-0.25, -0.2) is 0 Å². The normalized spacial score (nSPS) is 11.2. The van der Waals surface area contributed by atoms with Crippen LogP contribution in [-0.2, 0) is 4.74 Å². The third kappa shape index (κ3) is 14.2. The fourth-order valence-corrected chi connectivity index (χ4v) is 1.65. The van der Waals surface area contributed by atoms with Gasteiger partial charge in [-0.1, -0.05) is 46.0 Å². The second-order valence-electron chi connectivity index (χ2n) is 4.61. The molecule has 0 aliphatic rings. The number of ether oxygens (including phenoxy) is 1. The van der Waals surface area contributed by atoms with Crippen molar-refractivity contribution in [2.45, 2.75) is 58.8 Å². The van der Waals surface area contributed by atoms with E-state index in [0.717, 1.165) is 31.4 Å². The van der Waals surface area contributed by atoms with Crippen LogP contribution in [0, 0.1) is 5.92 Å². The molecule has 92 valence electrons. The fraction of sp³-hybridized carbons (Fsp3) is 1.00. The summed E-state index contributed by atoms with van der Waals surface area (Å²) in [6.07, 6.45) is 9.04. The number of halogens is 1. The standard InChI is InChI=1S/C13H27ClO/c1-13(2)9-6-4-3-5-7-11-15-12-8-10-14/h13H,3-12H2,1-2H3. The summed E-state index contributed by atoms with van der Waals surface area (Å²) in [7, 11) is 0. The molecule has 0 atom stereocenters. The van der Waals surface area contributed by atoms with E-state index >= 15 is 0 Å². The van der Waals surface area contributed by atoms with Gasteiger partial charge in [0.2, 0.25) is 0 Å². The molecule has 0 unspecified atom stereocenters. The van der Waals surface area contributed by atoms with Gasteiger partial charge >= 0.3 is 0 Å². The van der Waals surface area contributed by atoms with E-state index in [1.54, 1.807) is 0 Å². The minimum Gasteiger partial charge on any atom is -0.381 e. The van der Waals surface area contributed by atoms with Crippen LogP contribution in [0.1, 0.15) is 58.8 Å². The third-order valence-electron chi connectivity index (χ3n) is 2.49. The van der Waals surface area contributed by atoms with E-state index in [1.807, 2.05) is 0 Å². The number of hydrogen-bond acceptors (Lipinski definition) is 1. The highest BCUT2D eigenvalue weighted by atomic mass is 35.5. The molecule has 0 rings (SSSR count). The van der Waals surface area contributed by atoms with Gasteiger partial charge in [0.05, 0.1) is 0 Å².